The average Bonchev–Trinajstić information content (AvgIpc) is 2.27. The van der Waals surface area contributed by atoms with Gasteiger partial charge in [-0.05, 0) is 34.7 Å². The quantitative estimate of drug-likeness (QED) is 0.764. The summed E-state index contributed by atoms with van der Waals surface area (Å²) in [6.45, 7) is 6.44. The molecule has 0 fully saturated rings. The summed E-state index contributed by atoms with van der Waals surface area (Å²) in [6, 6.07) is 13.2. The lowest BCUT2D eigenvalue weighted by Gasteiger charge is -2.20. The number of halogens is 1. The molecule has 0 saturated heterocycles. The van der Waals surface area contributed by atoms with Crippen molar-refractivity contribution in [1.29, 1.82) is 0 Å². The fraction of sp³-hybridized carbons (Fsp3) is 0.250. The van der Waals surface area contributed by atoms with E-state index in [0.717, 1.165) is 16.7 Å². The SMILES string of the molecule is CC(C)(C)c1cc(Cl)cc(-c2ccccc2O)c1. The molecule has 0 heterocycles. The van der Waals surface area contributed by atoms with E-state index in [2.05, 4.69) is 26.8 Å². The molecule has 2 heteroatoms. The fourth-order valence-corrected chi connectivity index (χ4v) is 2.13. The molecule has 0 aromatic heterocycles. The maximum Gasteiger partial charge on any atom is 0.123 e. The van der Waals surface area contributed by atoms with Crippen LogP contribution >= 0.6 is 11.6 Å². The zero-order valence-corrected chi connectivity index (χ0v) is 11.6. The van der Waals surface area contributed by atoms with E-state index in [1.807, 2.05) is 30.3 Å². The predicted octanol–water partition coefficient (Wildman–Crippen LogP) is 5.01. The van der Waals surface area contributed by atoms with Crippen molar-refractivity contribution in [2.24, 2.45) is 0 Å². The van der Waals surface area contributed by atoms with Crippen molar-refractivity contribution >= 4 is 11.6 Å². The van der Waals surface area contributed by atoms with Gasteiger partial charge in [-0.1, -0.05) is 56.6 Å². The first-order valence-electron chi connectivity index (χ1n) is 5.97. The molecule has 94 valence electrons. The van der Waals surface area contributed by atoms with Gasteiger partial charge in [0.1, 0.15) is 5.75 Å². The van der Waals surface area contributed by atoms with Gasteiger partial charge in [-0.15, -0.1) is 0 Å². The number of benzene rings is 2. The number of aromatic hydroxyl groups is 1. The van der Waals surface area contributed by atoms with Crippen molar-refractivity contribution in [3.05, 3.63) is 53.1 Å². The summed E-state index contributed by atoms with van der Waals surface area (Å²) in [5.74, 6) is 0.277. The first-order valence-corrected chi connectivity index (χ1v) is 6.35. The molecule has 2 aromatic rings. The maximum atomic E-state index is 9.91. The van der Waals surface area contributed by atoms with Gasteiger partial charge < -0.3 is 5.11 Å². The molecule has 18 heavy (non-hydrogen) atoms. The van der Waals surface area contributed by atoms with E-state index in [0.29, 0.717) is 5.02 Å². The molecule has 1 N–H and O–H groups in total. The number of para-hydroxylation sites is 1. The number of rotatable bonds is 1. The highest BCUT2D eigenvalue weighted by atomic mass is 35.5. The summed E-state index contributed by atoms with van der Waals surface area (Å²) in [6.07, 6.45) is 0. The Morgan fingerprint density at radius 2 is 1.67 bits per heavy atom. The summed E-state index contributed by atoms with van der Waals surface area (Å²) < 4.78 is 0. The van der Waals surface area contributed by atoms with Crippen LogP contribution in [0.3, 0.4) is 0 Å². The first-order chi connectivity index (χ1) is 8.38. The number of hydrogen-bond donors (Lipinski definition) is 1. The maximum absolute atomic E-state index is 9.91. The molecule has 0 unspecified atom stereocenters. The highest BCUT2D eigenvalue weighted by Crippen LogP contribution is 2.34. The van der Waals surface area contributed by atoms with Crippen LogP contribution in [-0.4, -0.2) is 5.11 Å². The van der Waals surface area contributed by atoms with Gasteiger partial charge in [0.05, 0.1) is 0 Å². The monoisotopic (exact) mass is 260 g/mol. The van der Waals surface area contributed by atoms with Gasteiger partial charge in [-0.3, -0.25) is 0 Å². The molecule has 0 amide bonds. The lowest BCUT2D eigenvalue weighted by Crippen LogP contribution is -2.11. The highest BCUT2D eigenvalue weighted by Gasteiger charge is 2.16. The van der Waals surface area contributed by atoms with Crippen molar-refractivity contribution in [1.82, 2.24) is 0 Å². The predicted molar refractivity (Wildman–Crippen MR) is 77.3 cm³/mol. The number of phenols is 1. The Labute approximate surface area is 113 Å². The molecule has 0 aliphatic carbocycles. The van der Waals surface area contributed by atoms with Gasteiger partial charge >= 0.3 is 0 Å². The first kappa shape index (κ1) is 13.0. The van der Waals surface area contributed by atoms with E-state index in [1.54, 1.807) is 6.07 Å². The van der Waals surface area contributed by atoms with Gasteiger partial charge in [-0.25, -0.2) is 0 Å². The van der Waals surface area contributed by atoms with E-state index in [9.17, 15) is 5.11 Å². The van der Waals surface area contributed by atoms with Gasteiger partial charge in [0.25, 0.3) is 0 Å². The average molecular weight is 261 g/mol. The summed E-state index contributed by atoms with van der Waals surface area (Å²) in [4.78, 5) is 0. The molecule has 2 aromatic carbocycles. The molecule has 1 nitrogen and oxygen atoms in total. The Morgan fingerprint density at radius 3 is 2.28 bits per heavy atom. The van der Waals surface area contributed by atoms with Crippen LogP contribution in [-0.2, 0) is 5.41 Å². The second kappa shape index (κ2) is 4.66. The van der Waals surface area contributed by atoms with Crippen molar-refractivity contribution in [2.75, 3.05) is 0 Å². The molecule has 0 aliphatic rings. The Balaban J connectivity index is 2.60. The molecular formula is C16H17ClO. The second-order valence-corrected chi connectivity index (χ2v) is 5.93. The third-order valence-electron chi connectivity index (χ3n) is 2.98. The van der Waals surface area contributed by atoms with Crippen molar-refractivity contribution < 1.29 is 5.11 Å². The van der Waals surface area contributed by atoms with Crippen LogP contribution in [0.15, 0.2) is 42.5 Å². The van der Waals surface area contributed by atoms with Crippen LogP contribution in [0, 0.1) is 0 Å². The lowest BCUT2D eigenvalue weighted by molar-refractivity contribution is 0.477. The second-order valence-electron chi connectivity index (χ2n) is 5.50. The molecule has 2 rings (SSSR count). The van der Waals surface area contributed by atoms with Gasteiger partial charge in [0.15, 0.2) is 0 Å². The molecule has 0 spiro atoms. The van der Waals surface area contributed by atoms with Crippen LogP contribution < -0.4 is 0 Å². The topological polar surface area (TPSA) is 20.2 Å². The summed E-state index contributed by atoms with van der Waals surface area (Å²) in [5.41, 5.74) is 2.95. The van der Waals surface area contributed by atoms with Crippen LogP contribution in [0.2, 0.25) is 5.02 Å². The minimum absolute atomic E-state index is 0.0318. The summed E-state index contributed by atoms with van der Waals surface area (Å²) in [5, 5.41) is 10.6. The van der Waals surface area contributed by atoms with Crippen molar-refractivity contribution in [2.45, 2.75) is 26.2 Å². The smallest absolute Gasteiger partial charge is 0.123 e. The van der Waals surface area contributed by atoms with Gasteiger partial charge in [-0.2, -0.15) is 0 Å². The lowest BCUT2D eigenvalue weighted by atomic mass is 9.85. The van der Waals surface area contributed by atoms with Crippen molar-refractivity contribution in [3.63, 3.8) is 0 Å². The van der Waals surface area contributed by atoms with E-state index < -0.39 is 0 Å². The minimum Gasteiger partial charge on any atom is -0.507 e. The molecule has 0 radical (unpaired) electrons. The number of phenolic OH excluding ortho intramolecular Hbond substituents is 1. The van der Waals surface area contributed by atoms with Gasteiger partial charge in [0, 0.05) is 10.6 Å². The van der Waals surface area contributed by atoms with Crippen LogP contribution in [0.25, 0.3) is 11.1 Å². The summed E-state index contributed by atoms with van der Waals surface area (Å²) in [7, 11) is 0. The van der Waals surface area contributed by atoms with Gasteiger partial charge in [0.2, 0.25) is 0 Å². The zero-order chi connectivity index (χ0) is 13.3. The fourth-order valence-electron chi connectivity index (χ4n) is 1.90. The van der Waals surface area contributed by atoms with E-state index in [4.69, 9.17) is 11.6 Å². The van der Waals surface area contributed by atoms with Crippen molar-refractivity contribution in [3.8, 4) is 16.9 Å². The largest absolute Gasteiger partial charge is 0.507 e. The van der Waals surface area contributed by atoms with E-state index in [1.165, 1.54) is 0 Å². The molecule has 0 bridgehead atoms. The highest BCUT2D eigenvalue weighted by molar-refractivity contribution is 6.31. The molecular weight excluding hydrogens is 244 g/mol. The standard InChI is InChI=1S/C16H17ClO/c1-16(2,3)12-8-11(9-13(17)10-12)14-6-4-5-7-15(14)18/h4-10,18H,1-3H3. The minimum atomic E-state index is 0.0318. The van der Waals surface area contributed by atoms with Crippen LogP contribution in [0.1, 0.15) is 26.3 Å². The Morgan fingerprint density at radius 1 is 1.00 bits per heavy atom. The Hall–Kier alpha value is -1.47. The normalized spacial score (nSPS) is 11.6. The van der Waals surface area contributed by atoms with E-state index >= 15 is 0 Å². The third kappa shape index (κ3) is 2.68. The Kier molecular flexibility index (Phi) is 3.36. The number of hydrogen-bond acceptors (Lipinski definition) is 1. The molecule has 0 saturated carbocycles. The third-order valence-corrected chi connectivity index (χ3v) is 3.20. The van der Waals surface area contributed by atoms with Crippen LogP contribution in [0.4, 0.5) is 0 Å². The molecule has 0 atom stereocenters. The molecule has 0 aliphatic heterocycles. The summed E-state index contributed by atoms with van der Waals surface area (Å²) >= 11 is 6.18. The Bertz CT molecular complexity index is 568. The zero-order valence-electron chi connectivity index (χ0n) is 10.9. The van der Waals surface area contributed by atoms with Crippen LogP contribution in [0.5, 0.6) is 5.75 Å². The van der Waals surface area contributed by atoms with E-state index in [-0.39, 0.29) is 11.2 Å².